The van der Waals surface area contributed by atoms with E-state index in [2.05, 4.69) is 42.4 Å². The van der Waals surface area contributed by atoms with E-state index in [0.29, 0.717) is 49.8 Å². The molecule has 8 nitrogen and oxygen atoms in total. The predicted octanol–water partition coefficient (Wildman–Crippen LogP) is 4.12. The van der Waals surface area contributed by atoms with Crippen molar-refractivity contribution in [1.82, 2.24) is 30.1 Å². The molecule has 0 spiro atoms. The fourth-order valence-electron chi connectivity index (χ4n) is 5.48. The number of fused-ring (bicyclic) bond motifs is 1. The first-order valence-corrected chi connectivity index (χ1v) is 13.2. The van der Waals surface area contributed by atoms with Gasteiger partial charge in [0, 0.05) is 38.3 Å². The summed E-state index contributed by atoms with van der Waals surface area (Å²) in [6.07, 6.45) is 0.764. The number of H-pyrrole nitrogens is 1. The van der Waals surface area contributed by atoms with Gasteiger partial charge in [0.1, 0.15) is 11.9 Å². The van der Waals surface area contributed by atoms with Gasteiger partial charge < -0.3 is 9.88 Å². The molecule has 1 N–H and O–H groups in total. The Labute approximate surface area is 225 Å². The van der Waals surface area contributed by atoms with Gasteiger partial charge in [-0.05, 0) is 58.5 Å². The third-order valence-corrected chi connectivity index (χ3v) is 7.54. The summed E-state index contributed by atoms with van der Waals surface area (Å²) in [4.78, 5) is 21.0. The van der Waals surface area contributed by atoms with Crippen LogP contribution in [0.4, 0.5) is 10.1 Å². The SMILES string of the molecule is Cc1cccc2cc([C@H](c3nnnn3CCc3ccccc3)N3CCN(c4ccccc4F)CC3)c(=O)[nH]c12. The van der Waals surface area contributed by atoms with E-state index < -0.39 is 6.04 Å². The molecule has 1 fully saturated rings. The van der Waals surface area contributed by atoms with Crippen molar-refractivity contribution in [2.75, 3.05) is 31.1 Å². The zero-order valence-electron chi connectivity index (χ0n) is 21.8. The lowest BCUT2D eigenvalue weighted by atomic mass is 10.0. The Morgan fingerprint density at radius 3 is 2.51 bits per heavy atom. The number of aromatic amines is 1. The Morgan fingerprint density at radius 1 is 0.949 bits per heavy atom. The third kappa shape index (κ3) is 5.05. The van der Waals surface area contributed by atoms with E-state index >= 15 is 0 Å². The van der Waals surface area contributed by atoms with Gasteiger partial charge in [0.05, 0.1) is 11.2 Å². The second kappa shape index (κ2) is 10.8. The van der Waals surface area contributed by atoms with Crippen molar-refractivity contribution in [2.24, 2.45) is 0 Å². The number of para-hydroxylation sites is 2. The van der Waals surface area contributed by atoms with Crippen molar-refractivity contribution in [1.29, 1.82) is 0 Å². The second-order valence-electron chi connectivity index (χ2n) is 9.97. The number of hydrogen-bond acceptors (Lipinski definition) is 6. The number of hydrogen-bond donors (Lipinski definition) is 1. The predicted molar refractivity (Wildman–Crippen MR) is 149 cm³/mol. The number of pyridine rings is 1. The van der Waals surface area contributed by atoms with Crippen molar-refractivity contribution >= 4 is 16.6 Å². The zero-order valence-corrected chi connectivity index (χ0v) is 21.8. The molecule has 3 heterocycles. The molecule has 3 aromatic carbocycles. The number of halogens is 1. The first-order valence-electron chi connectivity index (χ1n) is 13.2. The van der Waals surface area contributed by atoms with E-state index in [0.717, 1.165) is 22.9 Å². The largest absolute Gasteiger partial charge is 0.367 e. The molecule has 1 atom stereocenters. The topological polar surface area (TPSA) is 82.9 Å². The maximum atomic E-state index is 14.5. The number of aryl methyl sites for hydroxylation is 3. The molecular weight excluding hydrogens is 493 g/mol. The molecule has 0 amide bonds. The van der Waals surface area contributed by atoms with Crippen molar-refractivity contribution in [3.63, 3.8) is 0 Å². The van der Waals surface area contributed by atoms with E-state index in [-0.39, 0.29) is 11.4 Å². The van der Waals surface area contributed by atoms with Gasteiger partial charge in [-0.2, -0.15) is 0 Å². The highest BCUT2D eigenvalue weighted by atomic mass is 19.1. The minimum atomic E-state index is -0.452. The molecule has 1 saturated heterocycles. The number of rotatable bonds is 7. The number of tetrazole rings is 1. The second-order valence-corrected chi connectivity index (χ2v) is 9.97. The number of anilines is 1. The maximum Gasteiger partial charge on any atom is 0.253 e. The number of nitrogens with one attached hydrogen (secondary N) is 1. The van der Waals surface area contributed by atoms with Gasteiger partial charge in [-0.25, -0.2) is 9.07 Å². The van der Waals surface area contributed by atoms with E-state index in [4.69, 9.17) is 0 Å². The number of benzene rings is 3. The standard InChI is InChI=1S/C30H30FN7O/c1-21-8-7-11-23-20-24(30(39)32-27(21)23)28(29-33-34-35-38(29)15-14-22-9-3-2-4-10-22)37-18-16-36(17-19-37)26-13-6-5-12-25(26)31/h2-13,20,28H,14-19H2,1H3,(H,32,39)/t28-/m1/s1. The fourth-order valence-corrected chi connectivity index (χ4v) is 5.48. The van der Waals surface area contributed by atoms with Gasteiger partial charge in [-0.1, -0.05) is 60.7 Å². The van der Waals surface area contributed by atoms with Crippen LogP contribution in [-0.2, 0) is 13.0 Å². The van der Waals surface area contributed by atoms with Crippen LogP contribution in [0.5, 0.6) is 0 Å². The maximum absolute atomic E-state index is 14.5. The van der Waals surface area contributed by atoms with Crippen LogP contribution in [-0.4, -0.2) is 56.3 Å². The Kier molecular flexibility index (Phi) is 6.89. The van der Waals surface area contributed by atoms with Gasteiger partial charge in [-0.15, -0.1) is 5.10 Å². The summed E-state index contributed by atoms with van der Waals surface area (Å²) in [6, 6.07) is 24.5. The molecule has 0 unspecified atom stereocenters. The van der Waals surface area contributed by atoms with Crippen LogP contribution in [0.25, 0.3) is 10.9 Å². The normalized spacial score (nSPS) is 15.1. The minimum absolute atomic E-state index is 0.157. The lowest BCUT2D eigenvalue weighted by molar-refractivity contribution is 0.199. The molecule has 6 rings (SSSR count). The Balaban J connectivity index is 1.36. The van der Waals surface area contributed by atoms with Crippen molar-refractivity contribution in [3.8, 4) is 0 Å². The van der Waals surface area contributed by atoms with Crippen LogP contribution >= 0.6 is 0 Å². The van der Waals surface area contributed by atoms with E-state index in [1.54, 1.807) is 10.7 Å². The number of piperazine rings is 1. The van der Waals surface area contributed by atoms with Gasteiger partial charge in [0.15, 0.2) is 5.82 Å². The van der Waals surface area contributed by atoms with E-state index in [1.807, 2.05) is 61.5 Å². The molecule has 1 aliphatic heterocycles. The summed E-state index contributed by atoms with van der Waals surface area (Å²) < 4.78 is 16.3. The third-order valence-electron chi connectivity index (χ3n) is 7.54. The van der Waals surface area contributed by atoms with Crippen molar-refractivity contribution in [3.05, 3.63) is 118 Å². The molecule has 198 valence electrons. The highest BCUT2D eigenvalue weighted by Gasteiger charge is 2.33. The minimum Gasteiger partial charge on any atom is -0.367 e. The molecule has 9 heteroatoms. The molecule has 0 bridgehead atoms. The molecule has 0 radical (unpaired) electrons. The highest BCUT2D eigenvalue weighted by molar-refractivity contribution is 5.82. The molecule has 0 saturated carbocycles. The smallest absolute Gasteiger partial charge is 0.253 e. The van der Waals surface area contributed by atoms with Gasteiger partial charge >= 0.3 is 0 Å². The highest BCUT2D eigenvalue weighted by Crippen LogP contribution is 2.30. The number of nitrogens with zero attached hydrogens (tertiary/aromatic N) is 6. The Morgan fingerprint density at radius 2 is 1.72 bits per heavy atom. The molecule has 39 heavy (non-hydrogen) atoms. The molecule has 5 aromatic rings. The summed E-state index contributed by atoms with van der Waals surface area (Å²) >= 11 is 0. The van der Waals surface area contributed by atoms with Crippen LogP contribution in [0, 0.1) is 12.7 Å². The average Bonchev–Trinajstić information content (AvgIpc) is 3.42. The molecule has 2 aromatic heterocycles. The Bertz CT molecular complexity index is 1640. The van der Waals surface area contributed by atoms with E-state index in [1.165, 1.54) is 11.6 Å². The first kappa shape index (κ1) is 24.9. The van der Waals surface area contributed by atoms with E-state index in [9.17, 15) is 9.18 Å². The number of aromatic nitrogens is 5. The first-order chi connectivity index (χ1) is 19.1. The van der Waals surface area contributed by atoms with Crippen LogP contribution < -0.4 is 10.5 Å². The fraction of sp³-hybridized carbons (Fsp3) is 0.267. The quantitative estimate of drug-likeness (QED) is 0.346. The van der Waals surface area contributed by atoms with Gasteiger partial charge in [0.25, 0.3) is 5.56 Å². The van der Waals surface area contributed by atoms with Crippen LogP contribution in [0.3, 0.4) is 0 Å². The molecule has 0 aliphatic carbocycles. The van der Waals surface area contributed by atoms with Gasteiger partial charge in [0.2, 0.25) is 0 Å². The summed E-state index contributed by atoms with van der Waals surface area (Å²) in [7, 11) is 0. The van der Waals surface area contributed by atoms with Crippen LogP contribution in [0.1, 0.15) is 28.6 Å². The summed E-state index contributed by atoms with van der Waals surface area (Å²) in [6.45, 7) is 5.05. The zero-order chi connectivity index (χ0) is 26.8. The summed E-state index contributed by atoms with van der Waals surface area (Å²) in [5.41, 5.74) is 4.07. The summed E-state index contributed by atoms with van der Waals surface area (Å²) in [5, 5.41) is 13.7. The monoisotopic (exact) mass is 523 g/mol. The van der Waals surface area contributed by atoms with Crippen molar-refractivity contribution in [2.45, 2.75) is 25.9 Å². The van der Waals surface area contributed by atoms with Crippen LogP contribution in [0.15, 0.2) is 83.7 Å². The lowest BCUT2D eigenvalue weighted by Gasteiger charge is -2.39. The lowest BCUT2D eigenvalue weighted by Crippen LogP contribution is -2.49. The molecule has 1 aliphatic rings. The van der Waals surface area contributed by atoms with Gasteiger partial charge in [-0.3, -0.25) is 9.69 Å². The average molecular weight is 524 g/mol. The summed E-state index contributed by atoms with van der Waals surface area (Å²) in [5.74, 6) is 0.400. The molecular formula is C30H30FN7O. The van der Waals surface area contributed by atoms with Crippen molar-refractivity contribution < 1.29 is 4.39 Å². The van der Waals surface area contributed by atoms with Crippen LogP contribution in [0.2, 0.25) is 0 Å². The Hall–Kier alpha value is -4.37.